The second-order valence-corrected chi connectivity index (χ2v) is 6.77. The van der Waals surface area contributed by atoms with Crippen LogP contribution < -0.4 is 10.2 Å². The highest BCUT2D eigenvalue weighted by molar-refractivity contribution is 8.26. The number of rotatable bonds is 7. The van der Waals surface area contributed by atoms with Gasteiger partial charge in [-0.15, -0.1) is 0 Å². The molecule has 0 saturated carbocycles. The van der Waals surface area contributed by atoms with Gasteiger partial charge in [0.1, 0.15) is 4.32 Å². The van der Waals surface area contributed by atoms with Gasteiger partial charge in [-0.1, -0.05) is 66.5 Å². The number of amides is 1. The molecule has 1 amide bonds. The number of nitrogens with zero attached hydrogens (tertiary/aromatic N) is 1. The van der Waals surface area contributed by atoms with Crippen molar-refractivity contribution in [2.24, 2.45) is 0 Å². The van der Waals surface area contributed by atoms with Crippen LogP contribution in [0, 0.1) is 0 Å². The minimum absolute atomic E-state index is 0.0527. The fourth-order valence-electron chi connectivity index (χ4n) is 2.18. The zero-order valence-corrected chi connectivity index (χ0v) is 14.5. The molecule has 1 aliphatic heterocycles. The van der Waals surface area contributed by atoms with Gasteiger partial charge in [-0.2, -0.15) is 0 Å². The molecule has 2 rings (SSSR count). The number of thiocarbonyl (C=S) groups is 1. The molecular formula is C17H13NO5S2-2. The van der Waals surface area contributed by atoms with E-state index in [1.165, 1.54) is 6.08 Å². The molecule has 1 atom stereocenters. The number of benzene rings is 1. The highest BCUT2D eigenvalue weighted by Crippen LogP contribution is 2.33. The van der Waals surface area contributed by atoms with Gasteiger partial charge in [0.2, 0.25) is 0 Å². The highest BCUT2D eigenvalue weighted by atomic mass is 32.2. The molecule has 130 valence electrons. The predicted octanol–water partition coefficient (Wildman–Crippen LogP) is 0.0926. The number of carbonyl (C=O) groups excluding carboxylic acids is 3. The molecular weight excluding hydrogens is 362 g/mol. The average molecular weight is 375 g/mol. The summed E-state index contributed by atoms with van der Waals surface area (Å²) < 4.78 is 0.0527. The molecule has 0 bridgehead atoms. The number of hydrogen-bond acceptors (Lipinski definition) is 7. The first kappa shape index (κ1) is 18.9. The predicted molar refractivity (Wildman–Crippen MR) is 93.6 cm³/mol. The Kier molecular flexibility index (Phi) is 6.49. The quantitative estimate of drug-likeness (QED) is 0.492. The Morgan fingerprint density at radius 3 is 2.52 bits per heavy atom. The summed E-state index contributed by atoms with van der Waals surface area (Å²) in [5.74, 6) is -3.54. The number of thioether (sulfide) groups is 1. The van der Waals surface area contributed by atoms with Gasteiger partial charge in [-0.25, -0.2) is 0 Å². The van der Waals surface area contributed by atoms with Gasteiger partial charge in [-0.3, -0.25) is 9.69 Å². The normalized spacial score (nSPS) is 17.4. The van der Waals surface area contributed by atoms with Crippen LogP contribution in [0.1, 0.15) is 18.4 Å². The molecule has 0 unspecified atom stereocenters. The Labute approximate surface area is 153 Å². The summed E-state index contributed by atoms with van der Waals surface area (Å²) in [6.45, 7) is 0. The second kappa shape index (κ2) is 8.59. The summed E-state index contributed by atoms with van der Waals surface area (Å²) >= 11 is 6.02. The molecule has 0 aromatic heterocycles. The molecule has 0 radical (unpaired) electrons. The van der Waals surface area contributed by atoms with Crippen molar-refractivity contribution in [2.45, 2.75) is 18.9 Å². The second-order valence-electron chi connectivity index (χ2n) is 5.09. The van der Waals surface area contributed by atoms with E-state index in [0.717, 1.165) is 22.2 Å². The standard InChI is InChI=1S/C17H15NO5S2/c19-14(20)10-9-12(16(22)23)18-15(21)13(25-17(18)24)8-4-7-11-5-2-1-3-6-11/h1-8,12H,9-10H2,(H,19,20)(H,22,23)/p-2/b7-4+,13-8-/t12-/m1/s1. The average Bonchev–Trinajstić information content (AvgIpc) is 2.83. The number of hydrogen-bond donors (Lipinski definition) is 0. The molecule has 0 spiro atoms. The van der Waals surface area contributed by atoms with E-state index in [1.807, 2.05) is 30.3 Å². The topological polar surface area (TPSA) is 101 Å². The van der Waals surface area contributed by atoms with Gasteiger partial charge in [-0.05, 0) is 24.5 Å². The van der Waals surface area contributed by atoms with Crippen molar-refractivity contribution in [3.8, 4) is 0 Å². The SMILES string of the molecule is O=C([O-])CC[C@H](C(=O)[O-])N1C(=O)/C(=C/C=C/c2ccccc2)SC1=S. The van der Waals surface area contributed by atoms with Crippen LogP contribution in [0.25, 0.3) is 6.08 Å². The third kappa shape index (κ3) is 5.01. The lowest BCUT2D eigenvalue weighted by Gasteiger charge is -2.27. The van der Waals surface area contributed by atoms with Gasteiger partial charge in [0.15, 0.2) is 0 Å². The van der Waals surface area contributed by atoms with E-state index in [2.05, 4.69) is 0 Å². The maximum Gasteiger partial charge on any atom is 0.266 e. The maximum atomic E-state index is 12.4. The Morgan fingerprint density at radius 1 is 1.24 bits per heavy atom. The third-order valence-corrected chi connectivity index (χ3v) is 4.71. The minimum Gasteiger partial charge on any atom is -0.550 e. The highest BCUT2D eigenvalue weighted by Gasteiger charge is 2.37. The van der Waals surface area contributed by atoms with Crippen LogP contribution in [-0.2, 0) is 14.4 Å². The largest absolute Gasteiger partial charge is 0.550 e. The Hall–Kier alpha value is -2.45. The zero-order valence-electron chi connectivity index (χ0n) is 12.9. The van der Waals surface area contributed by atoms with Crippen LogP contribution in [0.4, 0.5) is 0 Å². The van der Waals surface area contributed by atoms with E-state index in [1.54, 1.807) is 12.2 Å². The van der Waals surface area contributed by atoms with Gasteiger partial charge in [0.05, 0.1) is 16.9 Å². The van der Waals surface area contributed by atoms with E-state index in [9.17, 15) is 24.6 Å². The fraction of sp³-hybridized carbons (Fsp3) is 0.176. The molecule has 0 aliphatic carbocycles. The number of allylic oxidation sites excluding steroid dienone is 2. The summed E-state index contributed by atoms with van der Waals surface area (Å²) in [6, 6.07) is 7.98. The monoisotopic (exact) mass is 375 g/mol. The van der Waals surface area contributed by atoms with Crippen LogP contribution in [0.15, 0.2) is 47.4 Å². The Bertz CT molecular complexity index is 758. The van der Waals surface area contributed by atoms with E-state index in [0.29, 0.717) is 0 Å². The first-order chi connectivity index (χ1) is 11.9. The van der Waals surface area contributed by atoms with Crippen LogP contribution in [-0.4, -0.2) is 33.1 Å². The van der Waals surface area contributed by atoms with Crippen molar-refractivity contribution in [2.75, 3.05) is 0 Å². The maximum absolute atomic E-state index is 12.4. The Morgan fingerprint density at radius 2 is 1.92 bits per heavy atom. The van der Waals surface area contributed by atoms with Crippen molar-refractivity contribution < 1.29 is 24.6 Å². The molecule has 1 aliphatic rings. The van der Waals surface area contributed by atoms with Crippen LogP contribution >= 0.6 is 24.0 Å². The lowest BCUT2D eigenvalue weighted by Crippen LogP contribution is -2.50. The summed E-state index contributed by atoms with van der Waals surface area (Å²) in [5, 5.41) is 21.8. The minimum atomic E-state index is -1.56. The molecule has 1 heterocycles. The smallest absolute Gasteiger partial charge is 0.266 e. The van der Waals surface area contributed by atoms with Gasteiger partial charge in [0, 0.05) is 5.97 Å². The fourth-order valence-corrected chi connectivity index (χ4v) is 3.49. The van der Waals surface area contributed by atoms with Crippen molar-refractivity contribution in [1.29, 1.82) is 0 Å². The number of carboxylic acids is 2. The third-order valence-electron chi connectivity index (χ3n) is 3.37. The first-order valence-corrected chi connectivity index (χ1v) is 8.52. The van der Waals surface area contributed by atoms with E-state index >= 15 is 0 Å². The molecule has 8 heteroatoms. The summed E-state index contributed by atoms with van der Waals surface area (Å²) in [4.78, 5) is 35.4. The number of carbonyl (C=O) groups is 3. The number of aliphatic carboxylic acids is 2. The van der Waals surface area contributed by atoms with Crippen LogP contribution in [0.2, 0.25) is 0 Å². The van der Waals surface area contributed by atoms with Gasteiger partial charge >= 0.3 is 0 Å². The molecule has 1 aromatic carbocycles. The lowest BCUT2D eigenvalue weighted by molar-refractivity contribution is -0.311. The Balaban J connectivity index is 2.14. The van der Waals surface area contributed by atoms with E-state index < -0.39 is 30.3 Å². The van der Waals surface area contributed by atoms with Crippen molar-refractivity contribution in [1.82, 2.24) is 4.90 Å². The van der Waals surface area contributed by atoms with Gasteiger partial charge in [0.25, 0.3) is 5.91 Å². The molecule has 1 fully saturated rings. The molecule has 6 nitrogen and oxygen atoms in total. The molecule has 1 saturated heterocycles. The van der Waals surface area contributed by atoms with Crippen LogP contribution in [0.3, 0.4) is 0 Å². The lowest BCUT2D eigenvalue weighted by atomic mass is 10.1. The molecule has 1 aromatic rings. The summed E-state index contributed by atoms with van der Waals surface area (Å²) in [6.07, 6.45) is 4.15. The van der Waals surface area contributed by atoms with Crippen molar-refractivity contribution in [3.63, 3.8) is 0 Å². The molecule has 25 heavy (non-hydrogen) atoms. The van der Waals surface area contributed by atoms with Crippen LogP contribution in [0.5, 0.6) is 0 Å². The number of carboxylic acid groups (broad SMARTS) is 2. The molecule has 0 N–H and O–H groups in total. The van der Waals surface area contributed by atoms with Crippen molar-refractivity contribution >= 4 is 52.2 Å². The van der Waals surface area contributed by atoms with Gasteiger partial charge < -0.3 is 19.8 Å². The zero-order chi connectivity index (χ0) is 18.4. The first-order valence-electron chi connectivity index (χ1n) is 7.29. The summed E-state index contributed by atoms with van der Waals surface area (Å²) in [5.41, 5.74) is 0.941. The van der Waals surface area contributed by atoms with E-state index in [4.69, 9.17) is 12.2 Å². The summed E-state index contributed by atoms with van der Waals surface area (Å²) in [7, 11) is 0. The van der Waals surface area contributed by atoms with E-state index in [-0.39, 0.29) is 15.6 Å². The van der Waals surface area contributed by atoms with Crippen molar-refractivity contribution in [3.05, 3.63) is 53.0 Å².